The Morgan fingerprint density at radius 1 is 1.09 bits per heavy atom. The zero-order valence-corrected chi connectivity index (χ0v) is 14.1. The van der Waals surface area contributed by atoms with E-state index in [1.54, 1.807) is 16.0 Å². The van der Waals surface area contributed by atoms with E-state index in [0.717, 1.165) is 40.2 Å². The number of rotatable bonds is 2. The van der Waals surface area contributed by atoms with Crippen molar-refractivity contribution in [3.63, 3.8) is 0 Å². The lowest BCUT2D eigenvalue weighted by atomic mass is 10.1. The number of aryl methyl sites for hydroxylation is 3. The average molecular weight is 320 g/mol. The minimum absolute atomic E-state index is 0.0798. The van der Waals surface area contributed by atoms with Crippen LogP contribution in [-0.2, 0) is 7.05 Å². The van der Waals surface area contributed by atoms with Crippen LogP contribution in [0.25, 0.3) is 0 Å². The minimum Gasteiger partial charge on any atom is -0.343 e. The van der Waals surface area contributed by atoms with Crippen molar-refractivity contribution in [2.75, 3.05) is 31.1 Å². The van der Waals surface area contributed by atoms with Crippen LogP contribution in [0, 0.1) is 20.8 Å². The molecule has 0 radical (unpaired) electrons. The molecule has 0 spiro atoms. The fraction of sp³-hybridized carbons (Fsp3) is 0.571. The monoisotopic (exact) mass is 320 g/mol. The largest absolute Gasteiger partial charge is 0.343 e. The summed E-state index contributed by atoms with van der Waals surface area (Å²) in [5.41, 5.74) is 2.46. The lowest BCUT2D eigenvalue weighted by molar-refractivity contribution is 0.0745. The van der Waals surface area contributed by atoms with Crippen molar-refractivity contribution in [2.24, 2.45) is 7.05 Å². The average Bonchev–Trinajstić information content (AvgIpc) is 3.03. The summed E-state index contributed by atoms with van der Waals surface area (Å²) in [5, 5.41) is 14.5. The van der Waals surface area contributed by atoms with Crippen LogP contribution in [0.2, 0.25) is 0 Å². The molecule has 2 aromatic heterocycles. The molecule has 3 rings (SSSR count). The van der Waals surface area contributed by atoms with E-state index < -0.39 is 0 Å². The van der Waals surface area contributed by atoms with E-state index >= 15 is 0 Å². The Morgan fingerprint density at radius 2 is 1.77 bits per heavy atom. The van der Waals surface area contributed by atoms with Gasteiger partial charge >= 0.3 is 0 Å². The molecular formula is C14H20N6OS. The van der Waals surface area contributed by atoms with Gasteiger partial charge in [-0.1, -0.05) is 11.3 Å². The Kier molecular flexibility index (Phi) is 3.86. The number of aromatic nitrogens is 4. The number of carbonyl (C=O) groups excluding carboxylic acids is 1. The number of nitrogens with zero attached hydrogens (tertiary/aromatic N) is 6. The summed E-state index contributed by atoms with van der Waals surface area (Å²) < 4.78 is 1.77. The number of carbonyl (C=O) groups is 1. The lowest BCUT2D eigenvalue weighted by Crippen LogP contribution is -2.49. The summed E-state index contributed by atoms with van der Waals surface area (Å²) >= 11 is 1.60. The van der Waals surface area contributed by atoms with Crippen LogP contribution in [0.5, 0.6) is 0 Å². The second-order valence-corrected chi connectivity index (χ2v) is 6.71. The summed E-state index contributed by atoms with van der Waals surface area (Å²) in [6.07, 6.45) is 0. The first-order valence-corrected chi connectivity index (χ1v) is 8.13. The standard InChI is InChI=1S/C14H20N6OS/c1-9-12(10(2)18(4)17-9)13(21)19-5-7-20(8-6-19)14-16-15-11(3)22-14/h5-8H2,1-4H3. The highest BCUT2D eigenvalue weighted by atomic mass is 32.1. The maximum atomic E-state index is 12.7. The first-order chi connectivity index (χ1) is 10.5. The van der Waals surface area contributed by atoms with E-state index in [-0.39, 0.29) is 5.91 Å². The Hall–Kier alpha value is -1.96. The molecule has 3 heterocycles. The van der Waals surface area contributed by atoms with Gasteiger partial charge < -0.3 is 9.80 Å². The molecule has 0 saturated carbocycles. The summed E-state index contributed by atoms with van der Waals surface area (Å²) in [7, 11) is 1.87. The number of hydrogen-bond acceptors (Lipinski definition) is 6. The normalized spacial score (nSPS) is 15.5. The van der Waals surface area contributed by atoms with E-state index in [2.05, 4.69) is 20.2 Å². The molecule has 22 heavy (non-hydrogen) atoms. The molecule has 0 unspecified atom stereocenters. The van der Waals surface area contributed by atoms with Crippen molar-refractivity contribution >= 4 is 22.4 Å². The molecule has 1 amide bonds. The van der Waals surface area contributed by atoms with E-state index in [4.69, 9.17) is 0 Å². The van der Waals surface area contributed by atoms with Crippen LogP contribution >= 0.6 is 11.3 Å². The Bertz CT molecular complexity index is 698. The molecule has 1 aliphatic heterocycles. The van der Waals surface area contributed by atoms with E-state index in [1.165, 1.54) is 0 Å². The number of anilines is 1. The Morgan fingerprint density at radius 3 is 2.27 bits per heavy atom. The van der Waals surface area contributed by atoms with E-state index in [0.29, 0.717) is 13.1 Å². The third-order valence-corrected chi connectivity index (χ3v) is 4.98. The van der Waals surface area contributed by atoms with Gasteiger partial charge in [0.15, 0.2) is 0 Å². The highest BCUT2D eigenvalue weighted by Gasteiger charge is 2.27. The fourth-order valence-electron chi connectivity index (χ4n) is 2.76. The molecule has 0 atom stereocenters. The van der Waals surface area contributed by atoms with Crippen LogP contribution in [0.1, 0.15) is 26.8 Å². The molecule has 1 saturated heterocycles. The predicted octanol–water partition coefficient (Wildman–Crippen LogP) is 1.16. The molecular weight excluding hydrogens is 300 g/mol. The smallest absolute Gasteiger partial charge is 0.257 e. The summed E-state index contributed by atoms with van der Waals surface area (Å²) in [6.45, 7) is 8.76. The van der Waals surface area contributed by atoms with Gasteiger partial charge in [-0.3, -0.25) is 9.48 Å². The number of amides is 1. The van der Waals surface area contributed by atoms with Gasteiger partial charge in [-0.15, -0.1) is 10.2 Å². The van der Waals surface area contributed by atoms with Gasteiger partial charge in [0.1, 0.15) is 5.01 Å². The van der Waals surface area contributed by atoms with Gasteiger partial charge in [0, 0.05) is 38.9 Å². The molecule has 8 heteroatoms. The van der Waals surface area contributed by atoms with Crippen molar-refractivity contribution in [1.29, 1.82) is 0 Å². The predicted molar refractivity (Wildman–Crippen MR) is 85.4 cm³/mol. The number of piperazine rings is 1. The van der Waals surface area contributed by atoms with Gasteiger partial charge in [0.25, 0.3) is 5.91 Å². The van der Waals surface area contributed by atoms with Crippen molar-refractivity contribution in [3.8, 4) is 0 Å². The minimum atomic E-state index is 0.0798. The Balaban J connectivity index is 1.69. The molecule has 1 fully saturated rings. The molecule has 0 N–H and O–H groups in total. The van der Waals surface area contributed by atoms with Crippen molar-refractivity contribution in [3.05, 3.63) is 22.0 Å². The molecule has 0 bridgehead atoms. The van der Waals surface area contributed by atoms with E-state index in [1.807, 2.05) is 32.7 Å². The third kappa shape index (κ3) is 2.58. The summed E-state index contributed by atoms with van der Waals surface area (Å²) in [4.78, 5) is 16.8. The van der Waals surface area contributed by atoms with Crippen molar-refractivity contribution in [2.45, 2.75) is 20.8 Å². The molecule has 7 nitrogen and oxygen atoms in total. The van der Waals surface area contributed by atoms with Gasteiger partial charge in [-0.25, -0.2) is 0 Å². The highest BCUT2D eigenvalue weighted by Crippen LogP contribution is 2.22. The van der Waals surface area contributed by atoms with Crippen LogP contribution in [0.4, 0.5) is 5.13 Å². The maximum Gasteiger partial charge on any atom is 0.257 e. The topological polar surface area (TPSA) is 67.2 Å². The quantitative estimate of drug-likeness (QED) is 0.830. The van der Waals surface area contributed by atoms with Crippen molar-refractivity contribution < 1.29 is 4.79 Å². The van der Waals surface area contributed by atoms with Gasteiger partial charge in [-0.05, 0) is 20.8 Å². The maximum absolute atomic E-state index is 12.7. The SMILES string of the molecule is Cc1nnc(N2CCN(C(=O)c3c(C)nn(C)c3C)CC2)s1. The van der Waals surface area contributed by atoms with Crippen molar-refractivity contribution in [1.82, 2.24) is 24.9 Å². The molecule has 0 aromatic carbocycles. The van der Waals surface area contributed by atoms with Gasteiger partial charge in [0.05, 0.1) is 11.3 Å². The van der Waals surface area contributed by atoms with Crippen LogP contribution in [0.15, 0.2) is 0 Å². The summed E-state index contributed by atoms with van der Waals surface area (Å²) in [5.74, 6) is 0.0798. The zero-order valence-electron chi connectivity index (χ0n) is 13.3. The first kappa shape index (κ1) is 15.0. The summed E-state index contributed by atoms with van der Waals surface area (Å²) in [6, 6.07) is 0. The van der Waals surface area contributed by atoms with Crippen LogP contribution in [-0.4, -0.2) is 57.0 Å². The third-order valence-electron chi connectivity index (χ3n) is 4.08. The molecule has 0 aliphatic carbocycles. The van der Waals surface area contributed by atoms with Gasteiger partial charge in [0.2, 0.25) is 5.13 Å². The van der Waals surface area contributed by atoms with E-state index in [9.17, 15) is 4.79 Å². The van der Waals surface area contributed by atoms with Crippen LogP contribution in [0.3, 0.4) is 0 Å². The van der Waals surface area contributed by atoms with Crippen LogP contribution < -0.4 is 4.90 Å². The molecule has 1 aliphatic rings. The second kappa shape index (κ2) is 5.68. The van der Waals surface area contributed by atoms with Gasteiger partial charge in [-0.2, -0.15) is 5.10 Å². The molecule has 118 valence electrons. The molecule has 2 aromatic rings. The second-order valence-electron chi connectivity index (χ2n) is 5.55. The zero-order chi connectivity index (χ0) is 15.9. The fourth-order valence-corrected chi connectivity index (χ4v) is 3.50. The highest BCUT2D eigenvalue weighted by molar-refractivity contribution is 7.15. The number of hydrogen-bond donors (Lipinski definition) is 0. The first-order valence-electron chi connectivity index (χ1n) is 7.32. The Labute approximate surface area is 133 Å². The lowest BCUT2D eigenvalue weighted by Gasteiger charge is -2.34.